The van der Waals surface area contributed by atoms with Gasteiger partial charge < -0.3 is 19.1 Å². The molecule has 1 fully saturated rings. The summed E-state index contributed by atoms with van der Waals surface area (Å²) in [6.45, 7) is 3.71. The molecule has 0 aliphatic carbocycles. The fourth-order valence-corrected chi connectivity index (χ4v) is 7.41. The quantitative estimate of drug-likeness (QED) is 0.143. The fraction of sp³-hybridized carbons (Fsp3) is 0.116. The summed E-state index contributed by atoms with van der Waals surface area (Å²) in [5.74, 6) is -2.87. The van der Waals surface area contributed by atoms with Crippen molar-refractivity contribution in [3.05, 3.63) is 168 Å². The van der Waals surface area contributed by atoms with E-state index >= 15 is 0 Å². The van der Waals surface area contributed by atoms with Crippen LogP contribution in [0.4, 0.5) is 23.2 Å². The van der Waals surface area contributed by atoms with Gasteiger partial charge in [-0.3, -0.25) is 9.59 Å². The predicted octanol–water partition coefficient (Wildman–Crippen LogP) is 9.76. The van der Waals surface area contributed by atoms with E-state index in [9.17, 15) is 27.2 Å². The van der Waals surface area contributed by atoms with Crippen molar-refractivity contribution in [1.29, 1.82) is 0 Å². The molecule has 0 N–H and O–H groups in total. The topological polar surface area (TPSA) is 125 Å². The molecule has 0 spiro atoms. The Kier molecular flexibility index (Phi) is 12.1. The van der Waals surface area contributed by atoms with Gasteiger partial charge in [0.15, 0.2) is 23.1 Å². The number of rotatable bonds is 7. The molecule has 12 nitrogen and oxygen atoms in total. The van der Waals surface area contributed by atoms with Crippen LogP contribution < -0.4 is 25.5 Å². The zero-order chi connectivity index (χ0) is 43.7. The first-order chi connectivity index (χ1) is 29.9. The Hall–Kier alpha value is -6.59. The molecule has 0 unspecified atom stereocenters. The highest BCUT2D eigenvalue weighted by atomic mass is 35.5. The van der Waals surface area contributed by atoms with Gasteiger partial charge in [0.1, 0.15) is 30.0 Å². The van der Waals surface area contributed by atoms with Crippen molar-refractivity contribution < 1.29 is 31.8 Å². The highest BCUT2D eigenvalue weighted by molar-refractivity contribution is 6.39. The smallest absolute Gasteiger partial charge is 0.281 e. The van der Waals surface area contributed by atoms with E-state index in [-0.39, 0.29) is 60.5 Å². The monoisotopic (exact) mass is 903 g/mol. The molecule has 1 aliphatic rings. The van der Waals surface area contributed by atoms with Crippen molar-refractivity contribution in [1.82, 2.24) is 29.2 Å². The van der Waals surface area contributed by atoms with Crippen LogP contribution in [0.2, 0.25) is 15.1 Å². The lowest BCUT2D eigenvalue weighted by Crippen LogP contribution is -2.36. The van der Waals surface area contributed by atoms with Crippen LogP contribution in [0.25, 0.3) is 33.3 Å². The van der Waals surface area contributed by atoms with E-state index in [0.29, 0.717) is 43.1 Å². The number of aryl methyl sites for hydroxylation is 1. The third kappa shape index (κ3) is 8.63. The van der Waals surface area contributed by atoms with Gasteiger partial charge in [-0.25, -0.2) is 26.6 Å². The van der Waals surface area contributed by atoms with Crippen molar-refractivity contribution in [2.75, 3.05) is 31.2 Å². The fourth-order valence-electron chi connectivity index (χ4n) is 6.57. The maximum Gasteiger partial charge on any atom is 0.281 e. The highest BCUT2D eigenvalue weighted by Crippen LogP contribution is 2.39. The van der Waals surface area contributed by atoms with E-state index in [1.165, 1.54) is 70.2 Å². The van der Waals surface area contributed by atoms with Crippen LogP contribution in [0, 0.1) is 30.2 Å². The lowest BCUT2D eigenvalue weighted by molar-refractivity contribution is 0.122. The number of ether oxygens (including phenoxy) is 3. The van der Waals surface area contributed by atoms with Crippen LogP contribution in [-0.2, 0) is 4.74 Å². The Labute approximate surface area is 363 Å². The van der Waals surface area contributed by atoms with Crippen LogP contribution in [0.3, 0.4) is 0 Å². The Bertz CT molecular complexity index is 3110. The number of fused-ring (bicyclic) bond motifs is 2. The van der Waals surface area contributed by atoms with E-state index in [0.717, 1.165) is 17.7 Å². The summed E-state index contributed by atoms with van der Waals surface area (Å²) in [7, 11) is 0. The van der Waals surface area contributed by atoms with Crippen molar-refractivity contribution in [2.45, 2.75) is 6.92 Å². The normalized spacial score (nSPS) is 12.6. The van der Waals surface area contributed by atoms with E-state index in [1.807, 2.05) is 4.90 Å². The van der Waals surface area contributed by atoms with Gasteiger partial charge in [-0.15, -0.1) is 10.2 Å². The largest absolute Gasteiger partial charge is 0.435 e. The third-order valence-corrected chi connectivity index (χ3v) is 10.4. The van der Waals surface area contributed by atoms with Crippen molar-refractivity contribution >= 4 is 51.5 Å². The molecule has 5 heterocycles. The molecule has 4 aromatic heterocycles. The van der Waals surface area contributed by atoms with Gasteiger partial charge >= 0.3 is 0 Å². The van der Waals surface area contributed by atoms with Crippen molar-refractivity contribution in [2.24, 2.45) is 0 Å². The molecule has 62 heavy (non-hydrogen) atoms. The number of halogens is 7. The number of hydrogen-bond donors (Lipinski definition) is 0. The van der Waals surface area contributed by atoms with Crippen LogP contribution in [0.15, 0.2) is 113 Å². The predicted molar refractivity (Wildman–Crippen MR) is 225 cm³/mol. The standard InChI is InChI=1S/C23H16Cl2F2N4O3.C20H12ClF2N3O2/c24-14-2-1-3-15(25)20(14)21-17-11-18(30-6-8-33-9-7-30)23(29-31(17)12-28-22(21)32)34-19-5-4-13(26)10-16(19)27;1-11-5-7-16(14(23)9-11)28-17-8-6-15-19(20(27)24-10-26(15)25-17)18-12(21)3-2-4-13(18)22/h1-5,10-12H,6-9H2;2-10H,1H3. The molecular weight excluding hydrogens is 877 g/mol. The van der Waals surface area contributed by atoms with Crippen molar-refractivity contribution in [3.8, 4) is 45.5 Å². The van der Waals surface area contributed by atoms with Crippen LogP contribution in [-0.4, -0.2) is 55.5 Å². The lowest BCUT2D eigenvalue weighted by atomic mass is 10.1. The van der Waals surface area contributed by atoms with E-state index in [1.54, 1.807) is 37.3 Å². The van der Waals surface area contributed by atoms with Gasteiger partial charge in [0, 0.05) is 36.3 Å². The number of morpholine rings is 1. The minimum absolute atomic E-state index is 0.00354. The Morgan fingerprint density at radius 2 is 1.21 bits per heavy atom. The van der Waals surface area contributed by atoms with Gasteiger partial charge in [-0.1, -0.05) is 53.0 Å². The second-order valence-electron chi connectivity index (χ2n) is 13.5. The summed E-state index contributed by atoms with van der Waals surface area (Å²) in [4.78, 5) is 34.8. The first-order valence-corrected chi connectivity index (χ1v) is 19.6. The second kappa shape index (κ2) is 17.8. The van der Waals surface area contributed by atoms with E-state index in [2.05, 4.69) is 20.2 Å². The molecule has 19 heteroatoms. The van der Waals surface area contributed by atoms with Gasteiger partial charge in [-0.2, -0.15) is 9.97 Å². The molecule has 8 aromatic rings. The summed E-state index contributed by atoms with van der Waals surface area (Å²) < 4.78 is 75.3. The average molecular weight is 905 g/mol. The highest BCUT2D eigenvalue weighted by Gasteiger charge is 2.24. The molecule has 0 amide bonds. The molecule has 0 bridgehead atoms. The van der Waals surface area contributed by atoms with Gasteiger partial charge in [-0.05, 0) is 73.2 Å². The van der Waals surface area contributed by atoms with Crippen LogP contribution in [0.5, 0.6) is 23.3 Å². The van der Waals surface area contributed by atoms with E-state index in [4.69, 9.17) is 49.0 Å². The Morgan fingerprint density at radius 3 is 1.87 bits per heavy atom. The first kappa shape index (κ1) is 42.1. The number of aromatic nitrogens is 6. The zero-order valence-electron chi connectivity index (χ0n) is 32.0. The molecule has 1 saturated heterocycles. The Balaban J connectivity index is 0.000000174. The van der Waals surface area contributed by atoms with Crippen LogP contribution >= 0.6 is 34.8 Å². The number of nitrogens with zero attached hydrogens (tertiary/aromatic N) is 7. The van der Waals surface area contributed by atoms with Gasteiger partial charge in [0.25, 0.3) is 17.0 Å². The molecule has 0 radical (unpaired) electrons. The maximum atomic E-state index is 14.3. The van der Waals surface area contributed by atoms with E-state index < -0.39 is 34.4 Å². The number of hydrogen-bond acceptors (Lipinski definition) is 10. The molecular formula is C43H28Cl3F4N7O5. The molecule has 0 atom stereocenters. The molecule has 9 rings (SSSR count). The maximum absolute atomic E-state index is 14.3. The molecule has 314 valence electrons. The summed E-state index contributed by atoms with van der Waals surface area (Å²) in [5, 5.41) is 9.28. The minimum atomic E-state index is -0.878. The third-order valence-electron chi connectivity index (χ3n) is 9.46. The van der Waals surface area contributed by atoms with Gasteiger partial charge in [0.05, 0.1) is 50.4 Å². The van der Waals surface area contributed by atoms with Gasteiger partial charge in [0.2, 0.25) is 5.88 Å². The molecule has 1 aliphatic heterocycles. The number of benzene rings is 4. The summed E-state index contributed by atoms with van der Waals surface area (Å²) in [5.41, 5.74) is 1.13. The second-order valence-corrected chi connectivity index (χ2v) is 14.7. The zero-order valence-corrected chi connectivity index (χ0v) is 34.2. The van der Waals surface area contributed by atoms with Crippen molar-refractivity contribution in [3.63, 3.8) is 0 Å². The number of anilines is 1. The summed E-state index contributed by atoms with van der Waals surface area (Å²) in [6, 6.07) is 21.2. The summed E-state index contributed by atoms with van der Waals surface area (Å²) >= 11 is 18.9. The lowest BCUT2D eigenvalue weighted by Gasteiger charge is -2.30. The first-order valence-electron chi connectivity index (χ1n) is 18.5. The molecule has 0 saturated carbocycles. The SMILES string of the molecule is Cc1ccc(Oc2ccc3c(-c4c(F)cccc4Cl)c(=O)ncn3n2)c(F)c1.O=c1ncn2nc(Oc3ccc(F)cc3F)c(N3CCOCC3)cc2c1-c1c(Cl)cccc1Cl. The minimum Gasteiger partial charge on any atom is -0.435 e. The van der Waals surface area contributed by atoms with Crippen LogP contribution in [0.1, 0.15) is 5.56 Å². The summed E-state index contributed by atoms with van der Waals surface area (Å²) in [6.07, 6.45) is 2.40. The Morgan fingerprint density at radius 1 is 0.613 bits per heavy atom. The average Bonchev–Trinajstić information content (AvgIpc) is 3.24. The molecule has 4 aromatic carbocycles.